The number of aliphatic hydroxyl groups is 1. The van der Waals surface area contributed by atoms with E-state index in [0.717, 1.165) is 4.88 Å². The number of sulfonamides is 1. The number of piperidine rings is 1. The highest BCUT2D eigenvalue weighted by atomic mass is 32.2. The fraction of sp³-hybridized carbons (Fsp3) is 0.389. The number of nitrogens with two attached hydrogens (primary N) is 1. The third kappa shape index (κ3) is 4.32. The number of hydrogen-bond acceptors (Lipinski definition) is 6. The molecule has 27 heavy (non-hydrogen) atoms. The van der Waals surface area contributed by atoms with Crippen molar-refractivity contribution in [3.8, 4) is 5.75 Å². The quantitative estimate of drug-likeness (QED) is 0.783. The Morgan fingerprint density at radius 1 is 1.33 bits per heavy atom. The Morgan fingerprint density at radius 3 is 2.59 bits per heavy atom. The van der Waals surface area contributed by atoms with Gasteiger partial charge < -0.3 is 14.7 Å². The number of thiophene rings is 1. The first-order valence-corrected chi connectivity index (χ1v) is 11.0. The highest BCUT2D eigenvalue weighted by molar-refractivity contribution is 7.89. The van der Waals surface area contributed by atoms with Crippen LogP contribution in [-0.2, 0) is 10.0 Å². The first-order valence-electron chi connectivity index (χ1n) is 8.53. The summed E-state index contributed by atoms with van der Waals surface area (Å²) < 4.78 is 28.4. The van der Waals surface area contributed by atoms with Gasteiger partial charge in [-0.3, -0.25) is 4.79 Å². The van der Waals surface area contributed by atoms with Crippen molar-refractivity contribution in [1.29, 1.82) is 0 Å². The van der Waals surface area contributed by atoms with Gasteiger partial charge in [-0.2, -0.15) is 0 Å². The van der Waals surface area contributed by atoms with E-state index < -0.39 is 16.1 Å². The summed E-state index contributed by atoms with van der Waals surface area (Å²) in [6.45, 7) is 0.962. The summed E-state index contributed by atoms with van der Waals surface area (Å²) in [5.41, 5.74) is 0.168. The average Bonchev–Trinajstić information content (AvgIpc) is 3.20. The maximum atomic E-state index is 12.9. The molecule has 0 spiro atoms. The van der Waals surface area contributed by atoms with Gasteiger partial charge in [0.1, 0.15) is 5.75 Å². The van der Waals surface area contributed by atoms with Gasteiger partial charge in [0.15, 0.2) is 0 Å². The van der Waals surface area contributed by atoms with E-state index in [2.05, 4.69) is 0 Å². The second kappa shape index (κ2) is 7.97. The predicted molar refractivity (Wildman–Crippen MR) is 102 cm³/mol. The SMILES string of the molecule is COc1ccc(S(N)(=O)=O)cc1C(=O)N1CCC(C(O)c2cccs2)CC1. The lowest BCUT2D eigenvalue weighted by Gasteiger charge is -2.34. The van der Waals surface area contributed by atoms with Crippen LogP contribution in [0.3, 0.4) is 0 Å². The van der Waals surface area contributed by atoms with Crippen LogP contribution >= 0.6 is 11.3 Å². The third-order valence-corrected chi connectivity index (χ3v) is 6.69. The largest absolute Gasteiger partial charge is 0.496 e. The van der Waals surface area contributed by atoms with Gasteiger partial charge >= 0.3 is 0 Å². The monoisotopic (exact) mass is 410 g/mol. The molecular formula is C18H22N2O5S2. The number of amides is 1. The van der Waals surface area contributed by atoms with E-state index in [-0.39, 0.29) is 22.3 Å². The zero-order valence-corrected chi connectivity index (χ0v) is 16.5. The van der Waals surface area contributed by atoms with Gasteiger partial charge in [0.25, 0.3) is 5.91 Å². The number of primary sulfonamides is 1. The molecule has 1 unspecified atom stereocenters. The lowest BCUT2D eigenvalue weighted by molar-refractivity contribution is 0.0472. The first kappa shape index (κ1) is 19.8. The predicted octanol–water partition coefficient (Wildman–Crippen LogP) is 1.99. The van der Waals surface area contributed by atoms with E-state index in [9.17, 15) is 18.3 Å². The smallest absolute Gasteiger partial charge is 0.257 e. The lowest BCUT2D eigenvalue weighted by atomic mass is 9.90. The Labute approximate surface area is 162 Å². The van der Waals surface area contributed by atoms with Crippen molar-refractivity contribution in [2.45, 2.75) is 23.8 Å². The number of carbonyl (C=O) groups excluding carboxylic acids is 1. The van der Waals surface area contributed by atoms with E-state index in [4.69, 9.17) is 9.88 Å². The van der Waals surface area contributed by atoms with Crippen LogP contribution in [-0.4, -0.2) is 44.5 Å². The van der Waals surface area contributed by atoms with E-state index >= 15 is 0 Å². The van der Waals surface area contributed by atoms with E-state index in [1.165, 1.54) is 36.6 Å². The van der Waals surface area contributed by atoms with Crippen LogP contribution in [0.25, 0.3) is 0 Å². The highest BCUT2D eigenvalue weighted by Crippen LogP contribution is 2.34. The molecule has 1 aliphatic heterocycles. The van der Waals surface area contributed by atoms with Crippen LogP contribution < -0.4 is 9.88 Å². The van der Waals surface area contributed by atoms with Crippen molar-refractivity contribution < 1.29 is 23.1 Å². The van der Waals surface area contributed by atoms with Gasteiger partial charge in [-0.05, 0) is 48.4 Å². The second-order valence-electron chi connectivity index (χ2n) is 6.50. The molecular weight excluding hydrogens is 388 g/mol. The number of methoxy groups -OCH3 is 1. The molecule has 1 amide bonds. The maximum absolute atomic E-state index is 12.9. The summed E-state index contributed by atoms with van der Waals surface area (Å²) >= 11 is 1.52. The summed E-state index contributed by atoms with van der Waals surface area (Å²) in [7, 11) is -2.49. The number of ether oxygens (including phenoxy) is 1. The molecule has 1 aliphatic rings. The Bertz CT molecular complexity index is 904. The molecule has 0 radical (unpaired) electrons. The van der Waals surface area contributed by atoms with Crippen LogP contribution in [0.2, 0.25) is 0 Å². The average molecular weight is 411 g/mol. The molecule has 1 aromatic carbocycles. The summed E-state index contributed by atoms with van der Waals surface area (Å²) in [5, 5.41) is 17.6. The minimum absolute atomic E-state index is 0.0883. The molecule has 2 heterocycles. The Kier molecular flexibility index (Phi) is 5.85. The molecule has 1 aromatic heterocycles. The molecule has 3 N–H and O–H groups in total. The van der Waals surface area contributed by atoms with Gasteiger partial charge in [0.2, 0.25) is 10.0 Å². The number of likely N-dealkylation sites (tertiary alicyclic amines) is 1. The molecule has 7 nitrogen and oxygen atoms in total. The number of rotatable bonds is 5. The standard InChI is InChI=1S/C18H22N2O5S2/c1-25-15-5-4-13(27(19,23)24)11-14(15)18(22)20-8-6-12(7-9-20)17(21)16-3-2-10-26-16/h2-5,10-12,17,21H,6-9H2,1H3,(H2,19,23,24). The minimum Gasteiger partial charge on any atom is -0.496 e. The molecule has 1 fully saturated rings. The Hall–Kier alpha value is -1.94. The number of aliphatic hydroxyl groups excluding tert-OH is 1. The lowest BCUT2D eigenvalue weighted by Crippen LogP contribution is -2.40. The molecule has 146 valence electrons. The van der Waals surface area contributed by atoms with Crippen molar-refractivity contribution in [3.05, 3.63) is 46.2 Å². The number of benzene rings is 1. The summed E-state index contributed by atoms with van der Waals surface area (Å²) in [6.07, 6.45) is 0.812. The summed E-state index contributed by atoms with van der Waals surface area (Å²) in [5.74, 6) is 0.0832. The van der Waals surface area contributed by atoms with Crippen LogP contribution in [0.15, 0.2) is 40.6 Å². The van der Waals surface area contributed by atoms with Crippen LogP contribution in [0, 0.1) is 5.92 Å². The molecule has 3 rings (SSSR count). The first-order chi connectivity index (χ1) is 12.8. The highest BCUT2D eigenvalue weighted by Gasteiger charge is 2.30. The van der Waals surface area contributed by atoms with E-state index in [1.54, 1.807) is 4.90 Å². The van der Waals surface area contributed by atoms with Crippen LogP contribution in [0.1, 0.15) is 34.2 Å². The molecule has 1 saturated heterocycles. The molecule has 9 heteroatoms. The van der Waals surface area contributed by atoms with Crippen molar-refractivity contribution in [3.63, 3.8) is 0 Å². The van der Waals surface area contributed by atoms with Gasteiger partial charge in [-0.15, -0.1) is 11.3 Å². The number of hydrogen-bond donors (Lipinski definition) is 2. The third-order valence-electron chi connectivity index (χ3n) is 4.84. The Morgan fingerprint density at radius 2 is 2.04 bits per heavy atom. The van der Waals surface area contributed by atoms with E-state index in [0.29, 0.717) is 31.7 Å². The number of nitrogens with zero attached hydrogens (tertiary/aromatic N) is 1. The van der Waals surface area contributed by atoms with Crippen LogP contribution in [0.4, 0.5) is 0 Å². The van der Waals surface area contributed by atoms with Gasteiger partial charge in [0, 0.05) is 18.0 Å². The van der Waals surface area contributed by atoms with Crippen molar-refractivity contribution >= 4 is 27.3 Å². The molecule has 2 aromatic rings. The van der Waals surface area contributed by atoms with Crippen molar-refractivity contribution in [2.24, 2.45) is 11.1 Å². The van der Waals surface area contributed by atoms with Gasteiger partial charge in [0.05, 0.1) is 23.7 Å². The topological polar surface area (TPSA) is 110 Å². The second-order valence-corrected chi connectivity index (χ2v) is 9.04. The maximum Gasteiger partial charge on any atom is 0.257 e. The zero-order chi connectivity index (χ0) is 19.6. The van der Waals surface area contributed by atoms with Gasteiger partial charge in [-0.1, -0.05) is 6.07 Å². The summed E-state index contributed by atoms with van der Waals surface area (Å²) in [6, 6.07) is 7.82. The Balaban J connectivity index is 1.74. The van der Waals surface area contributed by atoms with Crippen molar-refractivity contribution in [1.82, 2.24) is 4.90 Å². The zero-order valence-electron chi connectivity index (χ0n) is 14.9. The normalized spacial score (nSPS) is 16.9. The fourth-order valence-electron chi connectivity index (χ4n) is 3.31. The number of carbonyl (C=O) groups is 1. The minimum atomic E-state index is -3.92. The van der Waals surface area contributed by atoms with Crippen molar-refractivity contribution in [2.75, 3.05) is 20.2 Å². The molecule has 0 saturated carbocycles. The van der Waals surface area contributed by atoms with Crippen LogP contribution in [0.5, 0.6) is 5.75 Å². The molecule has 0 bridgehead atoms. The molecule has 0 aliphatic carbocycles. The molecule has 1 atom stereocenters. The fourth-order valence-corrected chi connectivity index (χ4v) is 4.65. The summed E-state index contributed by atoms with van der Waals surface area (Å²) in [4.78, 5) is 15.4. The van der Waals surface area contributed by atoms with E-state index in [1.807, 2.05) is 17.5 Å². The van der Waals surface area contributed by atoms with Gasteiger partial charge in [-0.25, -0.2) is 13.6 Å².